The highest BCUT2D eigenvalue weighted by atomic mass is 16.5. The third kappa shape index (κ3) is 3.58. The van der Waals surface area contributed by atoms with Crippen LogP contribution >= 0.6 is 0 Å². The summed E-state index contributed by atoms with van der Waals surface area (Å²) in [6, 6.07) is 15.6. The standard InChI is InChI=1S/C19H22N2O3/c1-13(2)21-11-18(12-21)24-17-9-7-15(8-10-17)14-3-5-16(6-4-14)19(22)20-23/h3-10,13,18,23H,11-12H2,1-2H3,(H,20,22). The van der Waals surface area contributed by atoms with Gasteiger partial charge in [-0.25, -0.2) is 5.48 Å². The van der Waals surface area contributed by atoms with Gasteiger partial charge in [0.2, 0.25) is 0 Å². The normalized spacial score (nSPS) is 15.2. The Morgan fingerprint density at radius 3 is 2.12 bits per heavy atom. The molecule has 1 aliphatic rings. The molecule has 126 valence electrons. The van der Waals surface area contributed by atoms with E-state index >= 15 is 0 Å². The zero-order chi connectivity index (χ0) is 17.1. The van der Waals surface area contributed by atoms with Gasteiger partial charge in [0, 0.05) is 24.7 Å². The van der Waals surface area contributed by atoms with Crippen LogP contribution in [0, 0.1) is 0 Å². The molecule has 1 amide bonds. The number of carbonyl (C=O) groups excluding carboxylic acids is 1. The average Bonchev–Trinajstić information content (AvgIpc) is 2.57. The highest BCUT2D eigenvalue weighted by Gasteiger charge is 2.29. The zero-order valence-corrected chi connectivity index (χ0v) is 13.9. The van der Waals surface area contributed by atoms with Gasteiger partial charge in [-0.3, -0.25) is 14.9 Å². The van der Waals surface area contributed by atoms with Crippen LogP contribution in [0.2, 0.25) is 0 Å². The molecule has 1 aliphatic heterocycles. The van der Waals surface area contributed by atoms with Gasteiger partial charge >= 0.3 is 0 Å². The van der Waals surface area contributed by atoms with Gasteiger partial charge in [-0.05, 0) is 49.2 Å². The Morgan fingerprint density at radius 1 is 1.08 bits per heavy atom. The quantitative estimate of drug-likeness (QED) is 0.655. The minimum absolute atomic E-state index is 0.273. The van der Waals surface area contributed by atoms with Crippen molar-refractivity contribution in [1.29, 1.82) is 0 Å². The lowest BCUT2D eigenvalue weighted by molar-refractivity contribution is 0.000160. The van der Waals surface area contributed by atoms with Gasteiger partial charge in [0.25, 0.3) is 5.91 Å². The van der Waals surface area contributed by atoms with Crippen LogP contribution < -0.4 is 10.2 Å². The second kappa shape index (κ2) is 7.03. The van der Waals surface area contributed by atoms with Gasteiger partial charge < -0.3 is 4.74 Å². The number of amides is 1. The maximum atomic E-state index is 11.3. The van der Waals surface area contributed by atoms with Crippen LogP contribution in [0.15, 0.2) is 48.5 Å². The van der Waals surface area contributed by atoms with Crippen LogP contribution in [-0.4, -0.2) is 41.2 Å². The molecule has 0 unspecified atom stereocenters. The fourth-order valence-corrected chi connectivity index (χ4v) is 2.76. The van der Waals surface area contributed by atoms with Gasteiger partial charge in [0.1, 0.15) is 11.9 Å². The Bertz CT molecular complexity index is 690. The molecule has 2 aromatic rings. The lowest BCUT2D eigenvalue weighted by Crippen LogP contribution is -2.56. The van der Waals surface area contributed by atoms with Crippen molar-refractivity contribution in [3.8, 4) is 16.9 Å². The number of hydrogen-bond donors (Lipinski definition) is 2. The third-order valence-electron chi connectivity index (χ3n) is 4.35. The molecule has 0 atom stereocenters. The maximum absolute atomic E-state index is 11.3. The lowest BCUT2D eigenvalue weighted by atomic mass is 10.0. The number of benzene rings is 2. The summed E-state index contributed by atoms with van der Waals surface area (Å²) >= 11 is 0. The van der Waals surface area contributed by atoms with Crippen molar-refractivity contribution in [2.75, 3.05) is 13.1 Å². The van der Waals surface area contributed by atoms with Crippen molar-refractivity contribution >= 4 is 5.91 Å². The van der Waals surface area contributed by atoms with Crippen LogP contribution in [0.1, 0.15) is 24.2 Å². The number of carbonyl (C=O) groups is 1. The number of ether oxygens (including phenoxy) is 1. The Kier molecular flexibility index (Phi) is 4.83. The highest BCUT2D eigenvalue weighted by molar-refractivity contribution is 5.93. The minimum atomic E-state index is -0.513. The van der Waals surface area contributed by atoms with Gasteiger partial charge in [0.05, 0.1) is 0 Å². The fraction of sp³-hybridized carbons (Fsp3) is 0.316. The third-order valence-corrected chi connectivity index (χ3v) is 4.35. The van der Waals surface area contributed by atoms with Crippen molar-refractivity contribution in [3.05, 3.63) is 54.1 Å². The Balaban J connectivity index is 1.61. The fourth-order valence-electron chi connectivity index (χ4n) is 2.76. The molecule has 0 bridgehead atoms. The second-order valence-corrected chi connectivity index (χ2v) is 6.33. The number of hydrogen-bond acceptors (Lipinski definition) is 4. The van der Waals surface area contributed by atoms with Gasteiger partial charge in [-0.2, -0.15) is 0 Å². The number of rotatable bonds is 5. The summed E-state index contributed by atoms with van der Waals surface area (Å²) in [6.07, 6.45) is 0.273. The van der Waals surface area contributed by atoms with E-state index in [1.165, 1.54) is 0 Å². The summed E-state index contributed by atoms with van der Waals surface area (Å²) in [7, 11) is 0. The summed E-state index contributed by atoms with van der Waals surface area (Å²) in [5, 5.41) is 8.63. The monoisotopic (exact) mass is 326 g/mol. The Morgan fingerprint density at radius 2 is 1.62 bits per heavy atom. The molecule has 5 nitrogen and oxygen atoms in total. The molecule has 0 aromatic heterocycles. The van der Waals surface area contributed by atoms with Crippen molar-refractivity contribution in [3.63, 3.8) is 0 Å². The van der Waals surface area contributed by atoms with Crippen molar-refractivity contribution in [2.24, 2.45) is 0 Å². The van der Waals surface area contributed by atoms with Crippen LogP contribution in [0.5, 0.6) is 5.75 Å². The molecule has 24 heavy (non-hydrogen) atoms. The second-order valence-electron chi connectivity index (χ2n) is 6.33. The van der Waals surface area contributed by atoms with E-state index in [4.69, 9.17) is 9.94 Å². The van der Waals surface area contributed by atoms with E-state index in [9.17, 15) is 4.79 Å². The van der Waals surface area contributed by atoms with E-state index in [-0.39, 0.29) is 6.10 Å². The van der Waals surface area contributed by atoms with E-state index in [0.717, 1.165) is 30.0 Å². The molecule has 0 spiro atoms. The first-order valence-electron chi connectivity index (χ1n) is 8.12. The van der Waals surface area contributed by atoms with Crippen molar-refractivity contribution in [1.82, 2.24) is 10.4 Å². The zero-order valence-electron chi connectivity index (χ0n) is 13.9. The summed E-state index contributed by atoms with van der Waals surface area (Å²) in [6.45, 7) is 6.35. The van der Waals surface area contributed by atoms with E-state index < -0.39 is 5.91 Å². The molecule has 2 aromatic carbocycles. The van der Waals surface area contributed by atoms with E-state index in [1.807, 2.05) is 36.4 Å². The predicted molar refractivity (Wildman–Crippen MR) is 92.3 cm³/mol. The number of hydroxylamine groups is 1. The molecule has 3 rings (SSSR count). The van der Waals surface area contributed by atoms with Crippen LogP contribution in [0.3, 0.4) is 0 Å². The largest absolute Gasteiger partial charge is 0.488 e. The molecule has 1 heterocycles. The number of nitrogens with one attached hydrogen (secondary N) is 1. The molecule has 0 aliphatic carbocycles. The molecule has 1 saturated heterocycles. The van der Waals surface area contributed by atoms with E-state index in [0.29, 0.717) is 11.6 Å². The van der Waals surface area contributed by atoms with Crippen molar-refractivity contribution in [2.45, 2.75) is 26.0 Å². The Hall–Kier alpha value is -2.37. The maximum Gasteiger partial charge on any atom is 0.274 e. The number of nitrogens with zero attached hydrogens (tertiary/aromatic N) is 1. The molecular formula is C19H22N2O3. The molecule has 0 saturated carbocycles. The molecule has 2 N–H and O–H groups in total. The lowest BCUT2D eigenvalue weighted by Gasteiger charge is -2.41. The van der Waals surface area contributed by atoms with Crippen LogP contribution in [-0.2, 0) is 0 Å². The predicted octanol–water partition coefficient (Wildman–Crippen LogP) is 2.94. The van der Waals surface area contributed by atoms with Crippen LogP contribution in [0.4, 0.5) is 0 Å². The smallest absolute Gasteiger partial charge is 0.274 e. The topological polar surface area (TPSA) is 61.8 Å². The average molecular weight is 326 g/mol. The van der Waals surface area contributed by atoms with Gasteiger partial charge in [-0.1, -0.05) is 24.3 Å². The molecular weight excluding hydrogens is 304 g/mol. The van der Waals surface area contributed by atoms with Gasteiger partial charge in [0.15, 0.2) is 0 Å². The minimum Gasteiger partial charge on any atom is -0.488 e. The first kappa shape index (κ1) is 16.5. The number of likely N-dealkylation sites (tertiary alicyclic amines) is 1. The first-order valence-corrected chi connectivity index (χ1v) is 8.12. The van der Waals surface area contributed by atoms with E-state index in [1.54, 1.807) is 17.6 Å². The van der Waals surface area contributed by atoms with E-state index in [2.05, 4.69) is 18.7 Å². The molecule has 5 heteroatoms. The summed E-state index contributed by atoms with van der Waals surface area (Å²) < 4.78 is 5.96. The van der Waals surface area contributed by atoms with Gasteiger partial charge in [-0.15, -0.1) is 0 Å². The summed E-state index contributed by atoms with van der Waals surface area (Å²) in [5.74, 6) is 0.365. The summed E-state index contributed by atoms with van der Waals surface area (Å²) in [5.41, 5.74) is 4.10. The molecule has 1 fully saturated rings. The SMILES string of the molecule is CC(C)N1CC(Oc2ccc(-c3ccc(C(=O)NO)cc3)cc2)C1. The van der Waals surface area contributed by atoms with Crippen LogP contribution in [0.25, 0.3) is 11.1 Å². The van der Waals surface area contributed by atoms with Crippen molar-refractivity contribution < 1.29 is 14.7 Å². The highest BCUT2D eigenvalue weighted by Crippen LogP contribution is 2.25. The Labute approximate surface area is 141 Å². The first-order chi connectivity index (χ1) is 11.6. The summed E-state index contributed by atoms with van der Waals surface area (Å²) in [4.78, 5) is 13.7. The molecule has 0 radical (unpaired) electrons.